The van der Waals surface area contributed by atoms with Gasteiger partial charge in [0.05, 0.1) is 5.92 Å². The molecule has 0 heterocycles. The Hall–Kier alpha value is -1.72. The molecule has 0 radical (unpaired) electrons. The second-order valence-corrected chi connectivity index (χ2v) is 6.56. The predicted octanol–water partition coefficient (Wildman–Crippen LogP) is 2.95. The Balaban J connectivity index is 0.00000392. The first-order valence-electron chi connectivity index (χ1n) is 8.82. The minimum Gasteiger partial charge on any atom is -0.484 e. The van der Waals surface area contributed by atoms with Gasteiger partial charge in [-0.1, -0.05) is 12.1 Å². The summed E-state index contributed by atoms with van der Waals surface area (Å²) >= 11 is 0. The average molecular weight is 514 g/mol. The van der Waals surface area contributed by atoms with E-state index in [9.17, 15) is 18.0 Å². The quantitative estimate of drug-likeness (QED) is 0.310. The molecule has 4 N–H and O–H groups in total. The average Bonchev–Trinajstić information content (AvgIpc) is 2.63. The first-order valence-corrected chi connectivity index (χ1v) is 8.82. The number of nitrogens with two attached hydrogens (primary N) is 1. The summed E-state index contributed by atoms with van der Waals surface area (Å²) in [6.45, 7) is 0.256. The third-order valence-electron chi connectivity index (χ3n) is 4.49. The Morgan fingerprint density at radius 2 is 1.96 bits per heavy atom. The molecule has 1 aromatic carbocycles. The molecule has 158 valence electrons. The highest BCUT2D eigenvalue weighted by molar-refractivity contribution is 14.0. The van der Waals surface area contributed by atoms with Crippen LogP contribution in [0.15, 0.2) is 29.3 Å². The molecule has 1 saturated carbocycles. The fraction of sp³-hybridized carbons (Fsp3) is 0.556. The van der Waals surface area contributed by atoms with E-state index in [1.165, 1.54) is 0 Å². The van der Waals surface area contributed by atoms with E-state index in [1.54, 1.807) is 25.2 Å². The van der Waals surface area contributed by atoms with Gasteiger partial charge in [-0.2, -0.15) is 13.2 Å². The lowest BCUT2D eigenvalue weighted by Gasteiger charge is -2.31. The summed E-state index contributed by atoms with van der Waals surface area (Å²) < 4.78 is 43.5. The molecule has 0 aromatic heterocycles. The van der Waals surface area contributed by atoms with Gasteiger partial charge < -0.3 is 21.1 Å². The zero-order valence-corrected chi connectivity index (χ0v) is 17.9. The third-order valence-corrected chi connectivity index (χ3v) is 4.49. The number of guanidine groups is 1. The molecular weight excluding hydrogens is 488 g/mol. The van der Waals surface area contributed by atoms with Crippen LogP contribution in [-0.2, 0) is 11.3 Å². The number of hydrogen-bond donors (Lipinski definition) is 3. The van der Waals surface area contributed by atoms with Crippen LogP contribution in [0.4, 0.5) is 13.2 Å². The van der Waals surface area contributed by atoms with Crippen LogP contribution in [0.25, 0.3) is 0 Å². The summed E-state index contributed by atoms with van der Waals surface area (Å²) in [5.41, 5.74) is 5.96. The number of carbonyl (C=O) groups is 1. The first kappa shape index (κ1) is 24.3. The molecule has 0 atom stereocenters. The van der Waals surface area contributed by atoms with Crippen LogP contribution in [0.5, 0.6) is 5.75 Å². The largest absolute Gasteiger partial charge is 0.484 e. The van der Waals surface area contributed by atoms with Crippen molar-refractivity contribution in [1.82, 2.24) is 10.6 Å². The van der Waals surface area contributed by atoms with Crippen molar-refractivity contribution in [3.63, 3.8) is 0 Å². The number of hydrogen-bond acceptors (Lipinski definition) is 3. The molecule has 10 heteroatoms. The van der Waals surface area contributed by atoms with Crippen molar-refractivity contribution in [3.05, 3.63) is 29.8 Å². The van der Waals surface area contributed by atoms with E-state index in [4.69, 9.17) is 10.5 Å². The van der Waals surface area contributed by atoms with Crippen molar-refractivity contribution in [2.24, 2.45) is 16.6 Å². The van der Waals surface area contributed by atoms with Gasteiger partial charge in [-0.15, -0.1) is 24.0 Å². The van der Waals surface area contributed by atoms with Crippen molar-refractivity contribution in [1.29, 1.82) is 0 Å². The highest BCUT2D eigenvalue weighted by Gasteiger charge is 2.41. The van der Waals surface area contributed by atoms with Crippen molar-refractivity contribution in [3.8, 4) is 5.75 Å². The lowest BCUT2D eigenvalue weighted by atomic mass is 9.85. The van der Waals surface area contributed by atoms with Gasteiger partial charge in [-0.25, -0.2) is 0 Å². The summed E-state index contributed by atoms with van der Waals surface area (Å²) in [5, 5.41) is 6.32. The van der Waals surface area contributed by atoms with E-state index in [-0.39, 0.29) is 49.5 Å². The fourth-order valence-electron chi connectivity index (χ4n) is 3.04. The van der Waals surface area contributed by atoms with Gasteiger partial charge >= 0.3 is 6.18 Å². The van der Waals surface area contributed by atoms with Crippen molar-refractivity contribution in [2.45, 2.75) is 44.4 Å². The molecule has 1 amide bonds. The number of rotatable bonds is 6. The molecular formula is C18H26F3IN4O2. The maximum absolute atomic E-state index is 12.7. The number of aliphatic imine (C=N–C) groups is 1. The number of ether oxygens (including phenoxy) is 1. The number of halogens is 4. The smallest absolute Gasteiger partial charge is 0.391 e. The van der Waals surface area contributed by atoms with Crippen LogP contribution in [0.2, 0.25) is 0 Å². The number of primary amides is 1. The molecule has 1 fully saturated rings. The maximum atomic E-state index is 12.7. The molecule has 1 aromatic rings. The predicted molar refractivity (Wildman–Crippen MR) is 112 cm³/mol. The van der Waals surface area contributed by atoms with E-state index >= 15 is 0 Å². The van der Waals surface area contributed by atoms with Crippen molar-refractivity contribution >= 4 is 35.8 Å². The topological polar surface area (TPSA) is 88.7 Å². The highest BCUT2D eigenvalue weighted by Crippen LogP contribution is 2.37. The van der Waals surface area contributed by atoms with Gasteiger partial charge in [-0.3, -0.25) is 9.79 Å². The van der Waals surface area contributed by atoms with E-state index < -0.39 is 18.0 Å². The zero-order chi connectivity index (χ0) is 19.9. The van der Waals surface area contributed by atoms with Crippen LogP contribution in [0, 0.1) is 5.92 Å². The summed E-state index contributed by atoms with van der Waals surface area (Å²) in [6, 6.07) is 7.14. The highest BCUT2D eigenvalue weighted by atomic mass is 127. The minimum atomic E-state index is -4.10. The Morgan fingerprint density at radius 1 is 1.29 bits per heavy atom. The van der Waals surface area contributed by atoms with E-state index in [0.717, 1.165) is 5.56 Å². The number of amides is 1. The van der Waals surface area contributed by atoms with Crippen LogP contribution in [0.3, 0.4) is 0 Å². The lowest BCUT2D eigenvalue weighted by Crippen LogP contribution is -2.45. The number of nitrogens with zero attached hydrogens (tertiary/aromatic N) is 1. The van der Waals surface area contributed by atoms with Gasteiger partial charge in [0, 0.05) is 19.6 Å². The van der Waals surface area contributed by atoms with Crippen LogP contribution < -0.4 is 21.1 Å². The number of nitrogens with one attached hydrogen (secondary N) is 2. The second-order valence-electron chi connectivity index (χ2n) is 6.56. The van der Waals surface area contributed by atoms with Crippen LogP contribution in [0.1, 0.15) is 31.2 Å². The van der Waals surface area contributed by atoms with E-state index in [0.29, 0.717) is 31.1 Å². The summed E-state index contributed by atoms with van der Waals surface area (Å²) in [4.78, 5) is 14.9. The molecule has 0 aliphatic heterocycles. The molecule has 1 aliphatic carbocycles. The van der Waals surface area contributed by atoms with Crippen molar-refractivity contribution < 1.29 is 22.7 Å². The van der Waals surface area contributed by atoms with E-state index in [2.05, 4.69) is 15.6 Å². The van der Waals surface area contributed by atoms with Crippen LogP contribution >= 0.6 is 24.0 Å². The Labute approximate surface area is 179 Å². The molecule has 1 aliphatic rings. The monoisotopic (exact) mass is 514 g/mol. The maximum Gasteiger partial charge on any atom is 0.391 e. The second kappa shape index (κ2) is 11.3. The van der Waals surface area contributed by atoms with Gasteiger partial charge in [0.25, 0.3) is 5.91 Å². The van der Waals surface area contributed by atoms with Crippen LogP contribution in [-0.4, -0.2) is 37.7 Å². The van der Waals surface area contributed by atoms with Gasteiger partial charge in [0.15, 0.2) is 12.6 Å². The first-order chi connectivity index (χ1) is 12.8. The summed E-state index contributed by atoms with van der Waals surface area (Å²) in [5.74, 6) is -0.688. The lowest BCUT2D eigenvalue weighted by molar-refractivity contribution is -0.182. The Bertz CT molecular complexity index is 662. The molecule has 0 saturated heterocycles. The Morgan fingerprint density at radius 3 is 2.54 bits per heavy atom. The molecule has 0 spiro atoms. The standard InChI is InChI=1S/C18H25F3N4O2.HI/c1-23-17(25-14-7-5-13(6-8-14)18(19,20)21)24-10-12-3-2-4-15(9-12)27-11-16(22)26;/h2-4,9,13-14H,5-8,10-11H2,1H3,(H2,22,26)(H2,23,24,25);1H. The fourth-order valence-corrected chi connectivity index (χ4v) is 3.04. The third kappa shape index (κ3) is 8.11. The summed E-state index contributed by atoms with van der Waals surface area (Å²) in [6.07, 6.45) is -2.91. The minimum absolute atomic E-state index is 0. The zero-order valence-electron chi connectivity index (χ0n) is 15.6. The number of benzene rings is 1. The SMILES string of the molecule is CN=C(NCc1cccc(OCC(N)=O)c1)NC1CCC(C(F)(F)F)CC1.I. The normalized spacial score (nSPS) is 20.1. The van der Waals surface area contributed by atoms with Crippen molar-refractivity contribution in [2.75, 3.05) is 13.7 Å². The molecule has 2 rings (SSSR count). The van der Waals surface area contributed by atoms with Gasteiger partial charge in [0.1, 0.15) is 5.75 Å². The molecule has 0 unspecified atom stereocenters. The summed E-state index contributed by atoms with van der Waals surface area (Å²) in [7, 11) is 1.61. The molecule has 6 nitrogen and oxygen atoms in total. The van der Waals surface area contributed by atoms with E-state index in [1.807, 2.05) is 6.07 Å². The molecule has 0 bridgehead atoms. The molecule has 28 heavy (non-hydrogen) atoms. The number of alkyl halides is 3. The van der Waals surface area contributed by atoms with Gasteiger partial charge in [0.2, 0.25) is 0 Å². The number of carbonyl (C=O) groups excluding carboxylic acids is 1. The van der Waals surface area contributed by atoms with Gasteiger partial charge in [-0.05, 0) is 43.4 Å². The Kier molecular flexibility index (Phi) is 9.83.